The summed E-state index contributed by atoms with van der Waals surface area (Å²) in [6, 6.07) is 11.8. The first-order valence-corrected chi connectivity index (χ1v) is 14.8. The van der Waals surface area contributed by atoms with Crippen LogP contribution in [0.1, 0.15) is 135 Å². The van der Waals surface area contributed by atoms with Crippen LogP contribution in [0.2, 0.25) is 0 Å². The number of nitriles is 1. The Labute approximate surface area is 210 Å². The Kier molecular flexibility index (Phi) is 11.8. The van der Waals surface area contributed by atoms with Crippen LogP contribution in [0, 0.1) is 29.1 Å². The third kappa shape index (κ3) is 7.76. The van der Waals surface area contributed by atoms with Crippen LogP contribution in [0.5, 0.6) is 5.75 Å². The molecule has 2 heteroatoms. The predicted molar refractivity (Wildman–Crippen MR) is 144 cm³/mol. The molecule has 0 aromatic heterocycles. The van der Waals surface area contributed by atoms with E-state index in [1.54, 1.807) is 0 Å². The Morgan fingerprint density at radius 3 is 2.15 bits per heavy atom. The Bertz CT molecular complexity index is 704. The molecule has 0 amide bonds. The largest absolute Gasteiger partial charge is 0.494 e. The molecule has 34 heavy (non-hydrogen) atoms. The van der Waals surface area contributed by atoms with E-state index in [1.165, 1.54) is 108 Å². The van der Waals surface area contributed by atoms with E-state index in [0.29, 0.717) is 0 Å². The highest BCUT2D eigenvalue weighted by Crippen LogP contribution is 2.49. The summed E-state index contributed by atoms with van der Waals surface area (Å²) in [5, 5.41) is 10.4. The average molecular weight is 466 g/mol. The Morgan fingerprint density at radius 2 is 1.50 bits per heavy atom. The van der Waals surface area contributed by atoms with Gasteiger partial charge in [-0.25, -0.2) is 0 Å². The van der Waals surface area contributed by atoms with Gasteiger partial charge >= 0.3 is 0 Å². The summed E-state index contributed by atoms with van der Waals surface area (Å²) in [5.41, 5.74) is 1.44. The highest BCUT2D eigenvalue weighted by molar-refractivity contribution is 5.35. The van der Waals surface area contributed by atoms with E-state index >= 15 is 0 Å². The second-order valence-electron chi connectivity index (χ2n) is 11.5. The van der Waals surface area contributed by atoms with Crippen molar-refractivity contribution in [3.63, 3.8) is 0 Å². The summed E-state index contributed by atoms with van der Waals surface area (Å²) in [4.78, 5) is 0. The number of ether oxygens (including phenoxy) is 1. The van der Waals surface area contributed by atoms with Gasteiger partial charge in [-0.15, -0.1) is 0 Å². The standard InChI is InChI=1S/C32H51NO/c1-3-5-7-8-12-24-34-31-20-18-29(19-21-31)32(22-10-9-11-23-32)30(26-33)25-28-16-14-27(15-17-28)13-6-4-2/h18-21,27-28,30H,3-17,22-25H2,1-2H3. The first-order valence-electron chi connectivity index (χ1n) is 14.8. The van der Waals surface area contributed by atoms with Crippen molar-refractivity contribution in [2.24, 2.45) is 17.8 Å². The molecule has 3 rings (SSSR count). The van der Waals surface area contributed by atoms with Crippen molar-refractivity contribution in [2.45, 2.75) is 135 Å². The van der Waals surface area contributed by atoms with Crippen molar-refractivity contribution in [3.8, 4) is 11.8 Å². The van der Waals surface area contributed by atoms with Gasteiger partial charge in [-0.3, -0.25) is 0 Å². The van der Waals surface area contributed by atoms with Gasteiger partial charge in [-0.05, 0) is 55.2 Å². The molecular weight excluding hydrogens is 414 g/mol. The van der Waals surface area contributed by atoms with Crippen molar-refractivity contribution in [1.82, 2.24) is 0 Å². The molecule has 190 valence electrons. The zero-order valence-electron chi connectivity index (χ0n) is 22.3. The highest BCUT2D eigenvalue weighted by Gasteiger charge is 2.42. The minimum absolute atomic E-state index is 0.0464. The topological polar surface area (TPSA) is 33.0 Å². The van der Waals surface area contributed by atoms with E-state index in [9.17, 15) is 5.26 Å². The SMILES string of the molecule is CCCCCCCOc1ccc(C2(C(C#N)CC3CCC(CCCC)CC3)CCCCC2)cc1. The lowest BCUT2D eigenvalue weighted by molar-refractivity contribution is 0.169. The van der Waals surface area contributed by atoms with Crippen LogP contribution in [-0.4, -0.2) is 6.61 Å². The maximum absolute atomic E-state index is 10.4. The van der Waals surface area contributed by atoms with Crippen LogP contribution < -0.4 is 4.74 Å². The molecule has 1 unspecified atom stereocenters. The van der Waals surface area contributed by atoms with Gasteiger partial charge < -0.3 is 4.74 Å². The summed E-state index contributed by atoms with van der Waals surface area (Å²) in [6.07, 6.45) is 23.2. The minimum atomic E-state index is 0.0464. The van der Waals surface area contributed by atoms with Gasteiger partial charge in [0.25, 0.3) is 0 Å². The number of benzene rings is 1. The summed E-state index contributed by atoms with van der Waals surface area (Å²) >= 11 is 0. The molecule has 2 fully saturated rings. The highest BCUT2D eigenvalue weighted by atomic mass is 16.5. The maximum Gasteiger partial charge on any atom is 0.119 e. The molecule has 1 atom stereocenters. The number of hydrogen-bond acceptors (Lipinski definition) is 2. The molecule has 0 saturated heterocycles. The smallest absolute Gasteiger partial charge is 0.119 e. The predicted octanol–water partition coefficient (Wildman–Crippen LogP) is 9.76. The van der Waals surface area contributed by atoms with Gasteiger partial charge in [0.1, 0.15) is 5.75 Å². The van der Waals surface area contributed by atoms with E-state index in [0.717, 1.165) is 37.0 Å². The molecule has 2 aliphatic rings. The summed E-state index contributed by atoms with van der Waals surface area (Å²) in [5.74, 6) is 2.83. The normalized spacial score (nSPS) is 23.2. The first-order chi connectivity index (χ1) is 16.7. The van der Waals surface area contributed by atoms with E-state index < -0.39 is 0 Å². The quantitative estimate of drug-likeness (QED) is 0.256. The Balaban J connectivity index is 1.60. The lowest BCUT2D eigenvalue weighted by Crippen LogP contribution is -2.38. The van der Waals surface area contributed by atoms with E-state index in [2.05, 4.69) is 44.2 Å². The third-order valence-electron chi connectivity index (χ3n) is 9.02. The van der Waals surface area contributed by atoms with Gasteiger partial charge in [0, 0.05) is 5.41 Å². The van der Waals surface area contributed by atoms with Gasteiger partial charge in [-0.1, -0.05) is 116 Å². The van der Waals surface area contributed by atoms with E-state index in [4.69, 9.17) is 4.74 Å². The zero-order valence-corrected chi connectivity index (χ0v) is 22.3. The average Bonchev–Trinajstić information content (AvgIpc) is 2.89. The second kappa shape index (κ2) is 14.8. The van der Waals surface area contributed by atoms with Crippen LogP contribution in [0.4, 0.5) is 0 Å². The van der Waals surface area contributed by atoms with Crippen LogP contribution >= 0.6 is 0 Å². The molecule has 0 aliphatic heterocycles. The zero-order chi connectivity index (χ0) is 24.1. The fourth-order valence-corrected chi connectivity index (χ4v) is 6.78. The van der Waals surface area contributed by atoms with Crippen molar-refractivity contribution >= 4 is 0 Å². The minimum Gasteiger partial charge on any atom is -0.494 e. The van der Waals surface area contributed by atoms with Crippen LogP contribution in [0.15, 0.2) is 24.3 Å². The Morgan fingerprint density at radius 1 is 0.853 bits per heavy atom. The molecule has 2 saturated carbocycles. The van der Waals surface area contributed by atoms with Gasteiger partial charge in [-0.2, -0.15) is 5.26 Å². The Hall–Kier alpha value is -1.49. The van der Waals surface area contributed by atoms with E-state index in [-0.39, 0.29) is 11.3 Å². The molecule has 0 radical (unpaired) electrons. The van der Waals surface area contributed by atoms with Crippen molar-refractivity contribution < 1.29 is 4.74 Å². The lowest BCUT2D eigenvalue weighted by atomic mass is 9.60. The molecule has 0 heterocycles. The molecular formula is C32H51NO. The lowest BCUT2D eigenvalue weighted by Gasteiger charge is -2.43. The van der Waals surface area contributed by atoms with Gasteiger partial charge in [0.2, 0.25) is 0 Å². The molecule has 1 aromatic rings. The second-order valence-corrected chi connectivity index (χ2v) is 11.5. The molecule has 1 aromatic carbocycles. The molecule has 0 bridgehead atoms. The molecule has 2 nitrogen and oxygen atoms in total. The fourth-order valence-electron chi connectivity index (χ4n) is 6.78. The molecule has 0 N–H and O–H groups in total. The maximum atomic E-state index is 10.4. The van der Waals surface area contributed by atoms with Gasteiger partial charge in [0.15, 0.2) is 0 Å². The summed E-state index contributed by atoms with van der Waals surface area (Å²) in [7, 11) is 0. The van der Waals surface area contributed by atoms with Crippen LogP contribution in [0.3, 0.4) is 0 Å². The van der Waals surface area contributed by atoms with E-state index in [1.807, 2.05) is 0 Å². The van der Waals surface area contributed by atoms with Crippen molar-refractivity contribution in [1.29, 1.82) is 5.26 Å². The van der Waals surface area contributed by atoms with Crippen molar-refractivity contribution in [3.05, 3.63) is 29.8 Å². The number of nitrogens with zero attached hydrogens (tertiary/aromatic N) is 1. The van der Waals surface area contributed by atoms with Crippen molar-refractivity contribution in [2.75, 3.05) is 6.61 Å². The first kappa shape index (κ1) is 27.1. The van der Waals surface area contributed by atoms with Crippen LogP contribution in [0.25, 0.3) is 0 Å². The third-order valence-corrected chi connectivity index (χ3v) is 9.02. The number of unbranched alkanes of at least 4 members (excludes halogenated alkanes) is 5. The number of hydrogen-bond donors (Lipinski definition) is 0. The van der Waals surface area contributed by atoms with Crippen LogP contribution in [-0.2, 0) is 5.41 Å². The molecule has 0 spiro atoms. The van der Waals surface area contributed by atoms with Gasteiger partial charge in [0.05, 0.1) is 18.6 Å². The monoisotopic (exact) mass is 465 g/mol. The fraction of sp³-hybridized carbons (Fsp3) is 0.781. The molecule has 2 aliphatic carbocycles. The number of rotatable bonds is 14. The summed E-state index contributed by atoms with van der Waals surface area (Å²) < 4.78 is 6.04. The summed E-state index contributed by atoms with van der Waals surface area (Å²) in [6.45, 7) is 5.38.